The molecule has 0 bridgehead atoms. The Morgan fingerprint density at radius 2 is 2.04 bits per heavy atom. The van der Waals surface area contributed by atoms with E-state index in [-0.39, 0.29) is 5.56 Å². The molecule has 2 aromatic heterocycles. The second kappa shape index (κ2) is 6.08. The summed E-state index contributed by atoms with van der Waals surface area (Å²) in [5.41, 5.74) is 2.79. The number of aryl methyl sites for hydroxylation is 1. The molecule has 1 saturated heterocycles. The average molecular weight is 311 g/mol. The number of likely N-dealkylation sites (tertiary alicyclic amines) is 1. The van der Waals surface area contributed by atoms with Gasteiger partial charge in [0.05, 0.1) is 5.69 Å². The van der Waals surface area contributed by atoms with E-state index in [0.29, 0.717) is 0 Å². The molecular formula is C19H25N3O. The van der Waals surface area contributed by atoms with Gasteiger partial charge in [0.1, 0.15) is 5.65 Å². The van der Waals surface area contributed by atoms with Crippen LogP contribution in [0.5, 0.6) is 0 Å². The fraction of sp³-hybridized carbons (Fsp3) is 0.579. The molecule has 2 fully saturated rings. The number of rotatable bonds is 2. The van der Waals surface area contributed by atoms with Gasteiger partial charge < -0.3 is 0 Å². The van der Waals surface area contributed by atoms with Crippen LogP contribution in [0.1, 0.15) is 43.4 Å². The maximum Gasteiger partial charge on any atom is 0.258 e. The Hall–Kier alpha value is -1.68. The molecule has 1 aliphatic heterocycles. The van der Waals surface area contributed by atoms with Gasteiger partial charge in [0, 0.05) is 25.4 Å². The first-order valence-electron chi connectivity index (χ1n) is 8.91. The van der Waals surface area contributed by atoms with Crippen LogP contribution >= 0.6 is 0 Å². The summed E-state index contributed by atoms with van der Waals surface area (Å²) in [5, 5.41) is 0. The molecule has 0 N–H and O–H groups in total. The molecule has 0 spiro atoms. The fourth-order valence-corrected chi connectivity index (χ4v) is 4.44. The summed E-state index contributed by atoms with van der Waals surface area (Å²) in [6, 6.07) is 5.62. The highest BCUT2D eigenvalue weighted by molar-refractivity contribution is 5.46. The minimum atomic E-state index is 0.0289. The average Bonchev–Trinajstić information content (AvgIpc) is 2.56. The summed E-state index contributed by atoms with van der Waals surface area (Å²) in [6.45, 7) is 5.15. The van der Waals surface area contributed by atoms with E-state index in [1.807, 2.05) is 19.1 Å². The maximum atomic E-state index is 12.3. The van der Waals surface area contributed by atoms with Gasteiger partial charge in [0.2, 0.25) is 0 Å². The highest BCUT2D eigenvalue weighted by atomic mass is 16.1. The second-order valence-electron chi connectivity index (χ2n) is 7.30. The monoisotopic (exact) mass is 311 g/mol. The Bertz CT molecular complexity index is 767. The molecule has 0 amide bonds. The SMILES string of the molecule is Cc1cccn2c(=O)cc(CN3CC[C@@H]4CCCC[C@H]4C3)nc12. The van der Waals surface area contributed by atoms with E-state index in [1.54, 1.807) is 16.7 Å². The first kappa shape index (κ1) is 14.9. The van der Waals surface area contributed by atoms with Crippen LogP contribution in [-0.2, 0) is 6.54 Å². The predicted molar refractivity (Wildman–Crippen MR) is 91.5 cm³/mol. The molecule has 4 heteroatoms. The summed E-state index contributed by atoms with van der Waals surface area (Å²) in [4.78, 5) is 19.6. The van der Waals surface area contributed by atoms with Crippen molar-refractivity contribution in [1.29, 1.82) is 0 Å². The number of hydrogen-bond acceptors (Lipinski definition) is 3. The van der Waals surface area contributed by atoms with E-state index in [9.17, 15) is 4.79 Å². The molecule has 0 radical (unpaired) electrons. The van der Waals surface area contributed by atoms with Crippen molar-refractivity contribution in [2.45, 2.75) is 45.6 Å². The van der Waals surface area contributed by atoms with Crippen LogP contribution in [0.15, 0.2) is 29.2 Å². The molecule has 1 saturated carbocycles. The van der Waals surface area contributed by atoms with Gasteiger partial charge >= 0.3 is 0 Å². The van der Waals surface area contributed by atoms with Gasteiger partial charge in [-0.3, -0.25) is 14.1 Å². The number of hydrogen-bond donors (Lipinski definition) is 0. The largest absolute Gasteiger partial charge is 0.297 e. The third kappa shape index (κ3) is 2.92. The van der Waals surface area contributed by atoms with Crippen molar-refractivity contribution in [2.75, 3.05) is 13.1 Å². The van der Waals surface area contributed by atoms with Crippen LogP contribution in [0.4, 0.5) is 0 Å². The Morgan fingerprint density at radius 3 is 2.91 bits per heavy atom. The molecular weight excluding hydrogens is 286 g/mol. The first-order valence-corrected chi connectivity index (χ1v) is 8.91. The molecule has 3 heterocycles. The number of fused-ring (bicyclic) bond motifs is 2. The van der Waals surface area contributed by atoms with Crippen molar-refractivity contribution >= 4 is 5.65 Å². The van der Waals surface area contributed by atoms with Crippen LogP contribution in [0, 0.1) is 18.8 Å². The fourth-order valence-electron chi connectivity index (χ4n) is 4.44. The number of piperidine rings is 1. The van der Waals surface area contributed by atoms with E-state index in [1.165, 1.54) is 38.6 Å². The van der Waals surface area contributed by atoms with Crippen molar-refractivity contribution in [1.82, 2.24) is 14.3 Å². The lowest BCUT2D eigenvalue weighted by atomic mass is 9.75. The molecule has 4 nitrogen and oxygen atoms in total. The smallest absolute Gasteiger partial charge is 0.258 e. The van der Waals surface area contributed by atoms with Crippen molar-refractivity contribution < 1.29 is 0 Å². The minimum Gasteiger partial charge on any atom is -0.297 e. The molecule has 2 aliphatic rings. The summed E-state index contributed by atoms with van der Waals surface area (Å²) >= 11 is 0. The Labute approximate surface area is 137 Å². The van der Waals surface area contributed by atoms with Crippen LogP contribution < -0.4 is 5.56 Å². The first-order chi connectivity index (χ1) is 11.2. The van der Waals surface area contributed by atoms with Crippen molar-refractivity contribution in [3.8, 4) is 0 Å². The lowest BCUT2D eigenvalue weighted by molar-refractivity contribution is 0.0812. The van der Waals surface area contributed by atoms with Crippen LogP contribution in [0.3, 0.4) is 0 Å². The Kier molecular flexibility index (Phi) is 3.93. The van der Waals surface area contributed by atoms with Crippen LogP contribution in [-0.4, -0.2) is 27.4 Å². The predicted octanol–water partition coefficient (Wildman–Crippen LogP) is 3.02. The zero-order chi connectivity index (χ0) is 15.8. The summed E-state index contributed by atoms with van der Waals surface area (Å²) in [7, 11) is 0. The second-order valence-corrected chi connectivity index (χ2v) is 7.30. The van der Waals surface area contributed by atoms with E-state index >= 15 is 0 Å². The maximum absolute atomic E-state index is 12.3. The number of aromatic nitrogens is 2. The van der Waals surface area contributed by atoms with Crippen molar-refractivity contribution in [3.05, 3.63) is 46.0 Å². The van der Waals surface area contributed by atoms with E-state index in [2.05, 4.69) is 4.90 Å². The standard InChI is InChI=1S/C19H25N3O/c1-14-5-4-9-22-18(23)11-17(20-19(14)22)13-21-10-8-15-6-2-3-7-16(15)12-21/h4-5,9,11,15-16H,2-3,6-8,10,12-13H2,1H3/t15-,16-/m0/s1. The molecule has 0 unspecified atom stereocenters. The topological polar surface area (TPSA) is 37.6 Å². The highest BCUT2D eigenvalue weighted by Gasteiger charge is 2.31. The summed E-state index contributed by atoms with van der Waals surface area (Å²) < 4.78 is 1.65. The quantitative estimate of drug-likeness (QED) is 0.855. The molecule has 0 aromatic carbocycles. The molecule has 23 heavy (non-hydrogen) atoms. The van der Waals surface area contributed by atoms with Gasteiger partial charge in [0.25, 0.3) is 5.56 Å². The third-order valence-corrected chi connectivity index (χ3v) is 5.70. The van der Waals surface area contributed by atoms with Gasteiger partial charge in [-0.1, -0.05) is 25.3 Å². The Balaban J connectivity index is 1.56. The van der Waals surface area contributed by atoms with Gasteiger partial charge in [-0.25, -0.2) is 4.98 Å². The number of pyridine rings is 1. The molecule has 122 valence electrons. The lowest BCUT2D eigenvalue weighted by Crippen LogP contribution is -2.41. The Morgan fingerprint density at radius 1 is 1.22 bits per heavy atom. The van der Waals surface area contributed by atoms with E-state index in [4.69, 9.17) is 4.98 Å². The molecule has 1 aliphatic carbocycles. The lowest BCUT2D eigenvalue weighted by Gasteiger charge is -2.41. The van der Waals surface area contributed by atoms with Crippen molar-refractivity contribution in [3.63, 3.8) is 0 Å². The zero-order valence-electron chi connectivity index (χ0n) is 13.9. The van der Waals surface area contributed by atoms with Gasteiger partial charge in [-0.15, -0.1) is 0 Å². The van der Waals surface area contributed by atoms with Crippen LogP contribution in [0.25, 0.3) is 5.65 Å². The van der Waals surface area contributed by atoms with Crippen molar-refractivity contribution in [2.24, 2.45) is 11.8 Å². The molecule has 4 rings (SSSR count). The third-order valence-electron chi connectivity index (χ3n) is 5.70. The molecule has 2 aromatic rings. The minimum absolute atomic E-state index is 0.0289. The summed E-state index contributed by atoms with van der Waals surface area (Å²) in [6.07, 6.45) is 8.74. The molecule has 2 atom stereocenters. The highest BCUT2D eigenvalue weighted by Crippen LogP contribution is 2.36. The van der Waals surface area contributed by atoms with Gasteiger partial charge in [-0.2, -0.15) is 0 Å². The summed E-state index contributed by atoms with van der Waals surface area (Å²) in [5.74, 6) is 1.80. The van der Waals surface area contributed by atoms with E-state index < -0.39 is 0 Å². The van der Waals surface area contributed by atoms with Crippen LogP contribution in [0.2, 0.25) is 0 Å². The zero-order valence-corrected chi connectivity index (χ0v) is 13.9. The number of nitrogens with zero attached hydrogens (tertiary/aromatic N) is 3. The van der Waals surface area contributed by atoms with Gasteiger partial charge in [0.15, 0.2) is 0 Å². The van der Waals surface area contributed by atoms with E-state index in [0.717, 1.165) is 41.8 Å². The normalized spacial score (nSPS) is 25.4. The van der Waals surface area contributed by atoms with Gasteiger partial charge in [-0.05, 0) is 49.8 Å².